The monoisotopic (exact) mass is 298 g/mol. The van der Waals surface area contributed by atoms with Crippen LogP contribution in [0.2, 0.25) is 0 Å². The molecule has 0 fully saturated rings. The fourth-order valence-corrected chi connectivity index (χ4v) is 2.29. The minimum absolute atomic E-state index is 0.138. The van der Waals surface area contributed by atoms with Gasteiger partial charge in [0.1, 0.15) is 0 Å². The molecule has 1 amide bonds. The number of carbonyl (C=O) groups is 1. The number of hydrogen-bond donors (Lipinski definition) is 2. The Morgan fingerprint density at radius 2 is 1.85 bits per heavy atom. The van der Waals surface area contributed by atoms with Crippen molar-refractivity contribution in [3.63, 3.8) is 0 Å². The second-order valence-electron chi connectivity index (χ2n) is 4.87. The molecule has 0 heterocycles. The zero-order chi connectivity index (χ0) is 15.0. The molecule has 112 valence electrons. The fourth-order valence-electron chi connectivity index (χ4n) is 1.81. The molecule has 1 rings (SSSR count). The first-order valence-corrected chi connectivity index (χ1v) is 8.54. The molecule has 0 aliphatic heterocycles. The van der Waals surface area contributed by atoms with Crippen LogP contribution in [0.25, 0.3) is 0 Å². The highest BCUT2D eigenvalue weighted by Crippen LogP contribution is 2.17. The predicted molar refractivity (Wildman–Crippen MR) is 79.9 cm³/mol. The van der Waals surface area contributed by atoms with Crippen molar-refractivity contribution in [2.24, 2.45) is 0 Å². The zero-order valence-corrected chi connectivity index (χ0v) is 12.7. The fraction of sp³-hybridized carbons (Fsp3) is 0.500. The van der Waals surface area contributed by atoms with Gasteiger partial charge in [0.2, 0.25) is 15.9 Å². The standard InChI is InChI=1S/C14H22N2O3S/c1-12(13-6-4-3-5-7-13)8-10-15-14(17)9-11-16-20(2,18)19/h3-7,12,16H,8-11H2,1-2H3,(H,15,17). The van der Waals surface area contributed by atoms with E-state index in [-0.39, 0.29) is 18.9 Å². The first-order chi connectivity index (χ1) is 9.38. The van der Waals surface area contributed by atoms with Gasteiger partial charge in [-0.2, -0.15) is 0 Å². The van der Waals surface area contributed by atoms with Gasteiger partial charge >= 0.3 is 0 Å². The van der Waals surface area contributed by atoms with Crippen molar-refractivity contribution in [3.05, 3.63) is 35.9 Å². The van der Waals surface area contributed by atoms with E-state index in [2.05, 4.69) is 29.1 Å². The van der Waals surface area contributed by atoms with E-state index in [1.165, 1.54) is 5.56 Å². The van der Waals surface area contributed by atoms with Crippen molar-refractivity contribution < 1.29 is 13.2 Å². The molecule has 0 radical (unpaired) electrons. The number of nitrogens with one attached hydrogen (secondary N) is 2. The lowest BCUT2D eigenvalue weighted by Gasteiger charge is -2.12. The van der Waals surface area contributed by atoms with Gasteiger partial charge in [0.15, 0.2) is 0 Å². The van der Waals surface area contributed by atoms with Crippen LogP contribution in [0.3, 0.4) is 0 Å². The molecule has 0 saturated heterocycles. The summed E-state index contributed by atoms with van der Waals surface area (Å²) in [5.41, 5.74) is 1.25. The molecule has 1 unspecified atom stereocenters. The van der Waals surface area contributed by atoms with Gasteiger partial charge in [-0.15, -0.1) is 0 Å². The Bertz CT molecular complexity index is 514. The van der Waals surface area contributed by atoms with Gasteiger partial charge in [0.25, 0.3) is 0 Å². The van der Waals surface area contributed by atoms with E-state index in [0.29, 0.717) is 12.5 Å². The van der Waals surface area contributed by atoms with Gasteiger partial charge in [0.05, 0.1) is 6.26 Å². The molecular weight excluding hydrogens is 276 g/mol. The summed E-state index contributed by atoms with van der Waals surface area (Å²) in [6.07, 6.45) is 2.09. The van der Waals surface area contributed by atoms with Crippen molar-refractivity contribution in [1.29, 1.82) is 0 Å². The first kappa shape index (κ1) is 16.7. The van der Waals surface area contributed by atoms with Gasteiger partial charge in [-0.1, -0.05) is 37.3 Å². The minimum atomic E-state index is -3.22. The topological polar surface area (TPSA) is 75.3 Å². The van der Waals surface area contributed by atoms with Crippen LogP contribution in [0.1, 0.15) is 31.2 Å². The Balaban J connectivity index is 2.19. The molecule has 2 N–H and O–H groups in total. The molecule has 1 atom stereocenters. The van der Waals surface area contributed by atoms with Crippen LogP contribution in [0.4, 0.5) is 0 Å². The first-order valence-electron chi connectivity index (χ1n) is 6.65. The van der Waals surface area contributed by atoms with Gasteiger partial charge in [-0.05, 0) is 17.9 Å². The van der Waals surface area contributed by atoms with Crippen LogP contribution in [-0.2, 0) is 14.8 Å². The van der Waals surface area contributed by atoms with Crippen LogP contribution in [0.15, 0.2) is 30.3 Å². The van der Waals surface area contributed by atoms with Crippen molar-refractivity contribution in [2.75, 3.05) is 19.3 Å². The van der Waals surface area contributed by atoms with Crippen molar-refractivity contribution in [1.82, 2.24) is 10.0 Å². The lowest BCUT2D eigenvalue weighted by molar-refractivity contribution is -0.120. The van der Waals surface area contributed by atoms with Crippen molar-refractivity contribution in [3.8, 4) is 0 Å². The average Bonchev–Trinajstić information content (AvgIpc) is 2.38. The number of hydrogen-bond acceptors (Lipinski definition) is 3. The summed E-state index contributed by atoms with van der Waals surface area (Å²) in [6, 6.07) is 10.1. The summed E-state index contributed by atoms with van der Waals surface area (Å²) in [5, 5.41) is 2.80. The number of amides is 1. The Morgan fingerprint density at radius 1 is 1.20 bits per heavy atom. The van der Waals surface area contributed by atoms with E-state index < -0.39 is 10.0 Å². The Morgan fingerprint density at radius 3 is 2.45 bits per heavy atom. The predicted octanol–water partition coefficient (Wildman–Crippen LogP) is 1.24. The number of benzene rings is 1. The third kappa shape index (κ3) is 7.25. The summed E-state index contributed by atoms with van der Waals surface area (Å²) in [5.74, 6) is 0.243. The molecule has 0 saturated carbocycles. The smallest absolute Gasteiger partial charge is 0.221 e. The molecule has 0 spiro atoms. The molecule has 0 aromatic heterocycles. The van der Waals surface area contributed by atoms with Crippen LogP contribution < -0.4 is 10.0 Å². The third-order valence-corrected chi connectivity index (χ3v) is 3.71. The number of sulfonamides is 1. The van der Waals surface area contributed by atoms with E-state index in [4.69, 9.17) is 0 Å². The lowest BCUT2D eigenvalue weighted by Crippen LogP contribution is -2.30. The number of carbonyl (C=O) groups excluding carboxylic acids is 1. The van der Waals surface area contributed by atoms with Gasteiger partial charge < -0.3 is 5.32 Å². The quantitative estimate of drug-likeness (QED) is 0.758. The van der Waals surface area contributed by atoms with E-state index in [9.17, 15) is 13.2 Å². The SMILES string of the molecule is CC(CCNC(=O)CCNS(C)(=O)=O)c1ccccc1. The maximum atomic E-state index is 11.5. The van der Waals surface area contributed by atoms with Crippen molar-refractivity contribution >= 4 is 15.9 Å². The van der Waals surface area contributed by atoms with E-state index >= 15 is 0 Å². The second-order valence-corrected chi connectivity index (χ2v) is 6.70. The Labute approximate surface area is 120 Å². The summed E-state index contributed by atoms with van der Waals surface area (Å²) in [4.78, 5) is 11.5. The van der Waals surface area contributed by atoms with Crippen LogP contribution >= 0.6 is 0 Å². The molecule has 5 nitrogen and oxygen atoms in total. The van der Waals surface area contributed by atoms with Crippen LogP contribution in [-0.4, -0.2) is 33.7 Å². The Kier molecular flexibility index (Phi) is 6.67. The molecule has 1 aromatic carbocycles. The largest absolute Gasteiger partial charge is 0.356 e. The zero-order valence-electron chi connectivity index (χ0n) is 11.9. The van der Waals surface area contributed by atoms with E-state index in [0.717, 1.165) is 12.7 Å². The van der Waals surface area contributed by atoms with E-state index in [1.54, 1.807) is 0 Å². The highest BCUT2D eigenvalue weighted by molar-refractivity contribution is 7.88. The molecule has 1 aromatic rings. The third-order valence-electron chi connectivity index (χ3n) is 2.98. The van der Waals surface area contributed by atoms with Crippen molar-refractivity contribution in [2.45, 2.75) is 25.7 Å². The normalized spacial score (nSPS) is 12.9. The summed E-state index contributed by atoms with van der Waals surface area (Å²) < 4.78 is 23.9. The highest BCUT2D eigenvalue weighted by Gasteiger charge is 2.07. The highest BCUT2D eigenvalue weighted by atomic mass is 32.2. The summed E-state index contributed by atoms with van der Waals surface area (Å²) >= 11 is 0. The van der Waals surface area contributed by atoms with Gasteiger partial charge in [-0.25, -0.2) is 13.1 Å². The molecule has 6 heteroatoms. The summed E-state index contributed by atoms with van der Waals surface area (Å²) in [7, 11) is -3.22. The molecule has 0 aliphatic carbocycles. The molecule has 20 heavy (non-hydrogen) atoms. The summed E-state index contributed by atoms with van der Waals surface area (Å²) in [6.45, 7) is 2.85. The molecular formula is C14H22N2O3S. The maximum Gasteiger partial charge on any atom is 0.221 e. The van der Waals surface area contributed by atoms with Gasteiger partial charge in [-0.3, -0.25) is 4.79 Å². The average molecular weight is 298 g/mol. The Hall–Kier alpha value is -1.40. The second kappa shape index (κ2) is 8.01. The maximum absolute atomic E-state index is 11.5. The van der Waals surface area contributed by atoms with Crippen LogP contribution in [0, 0.1) is 0 Å². The molecule has 0 aliphatic rings. The molecule has 0 bridgehead atoms. The lowest BCUT2D eigenvalue weighted by atomic mass is 9.98. The van der Waals surface area contributed by atoms with Gasteiger partial charge in [0, 0.05) is 19.5 Å². The minimum Gasteiger partial charge on any atom is -0.356 e. The van der Waals surface area contributed by atoms with E-state index in [1.807, 2.05) is 18.2 Å². The van der Waals surface area contributed by atoms with Crippen LogP contribution in [0.5, 0.6) is 0 Å². The number of rotatable bonds is 8.